The molecule has 3 rings (SSSR count). The predicted octanol–water partition coefficient (Wildman–Crippen LogP) is 3.33. The van der Waals surface area contributed by atoms with Gasteiger partial charge in [-0.15, -0.1) is 0 Å². The molecule has 6 nitrogen and oxygen atoms in total. The van der Waals surface area contributed by atoms with E-state index in [0.29, 0.717) is 19.0 Å². The number of imidazole rings is 1. The molecular formula is C19H22N4O2S. The number of amides is 1. The molecule has 0 radical (unpaired) electrons. The molecule has 2 heterocycles. The van der Waals surface area contributed by atoms with Gasteiger partial charge < -0.3 is 19.6 Å². The summed E-state index contributed by atoms with van der Waals surface area (Å²) in [6.07, 6.45) is 5.36. The van der Waals surface area contributed by atoms with Crippen LogP contribution in [0.1, 0.15) is 22.6 Å². The van der Waals surface area contributed by atoms with E-state index in [1.165, 1.54) is 0 Å². The molecule has 0 aliphatic rings. The van der Waals surface area contributed by atoms with Crippen molar-refractivity contribution in [3.8, 4) is 0 Å². The molecule has 0 bridgehead atoms. The number of aryl methyl sites for hydroxylation is 1. The minimum absolute atomic E-state index is 0.0861. The summed E-state index contributed by atoms with van der Waals surface area (Å²) in [5.74, 6) is -0.0861. The van der Waals surface area contributed by atoms with Crippen LogP contribution in [0.3, 0.4) is 0 Å². The van der Waals surface area contributed by atoms with Crippen molar-refractivity contribution in [1.82, 2.24) is 19.9 Å². The first-order chi connectivity index (χ1) is 12.8. The lowest BCUT2D eigenvalue weighted by atomic mass is 10.2. The quantitative estimate of drug-likeness (QED) is 0.567. The van der Waals surface area contributed by atoms with Gasteiger partial charge in [-0.05, 0) is 37.1 Å². The van der Waals surface area contributed by atoms with Crippen LogP contribution in [-0.2, 0) is 17.9 Å². The van der Waals surface area contributed by atoms with Crippen LogP contribution >= 0.6 is 11.8 Å². The molecule has 136 valence electrons. The first-order valence-electron chi connectivity index (χ1n) is 8.45. The first-order valence-corrected chi connectivity index (χ1v) is 9.27. The Bertz CT molecular complexity index is 829. The number of carbonyl (C=O) groups is 1. The molecule has 1 amide bonds. The highest BCUT2D eigenvalue weighted by Crippen LogP contribution is 2.24. The molecule has 0 spiro atoms. The van der Waals surface area contributed by atoms with E-state index < -0.39 is 0 Å². The number of nitrogens with one attached hydrogen (secondary N) is 2. The maximum Gasteiger partial charge on any atom is 0.267 e. The Morgan fingerprint density at radius 2 is 2.12 bits per heavy atom. The summed E-state index contributed by atoms with van der Waals surface area (Å²) in [5, 5.41) is 3.83. The molecule has 0 unspecified atom stereocenters. The van der Waals surface area contributed by atoms with Gasteiger partial charge in [0.1, 0.15) is 12.4 Å². The third-order valence-electron chi connectivity index (χ3n) is 3.80. The highest BCUT2D eigenvalue weighted by atomic mass is 32.2. The van der Waals surface area contributed by atoms with E-state index in [1.54, 1.807) is 29.5 Å². The zero-order valence-electron chi connectivity index (χ0n) is 14.6. The lowest BCUT2D eigenvalue weighted by molar-refractivity contribution is 0.0912. The number of aromatic nitrogens is 3. The van der Waals surface area contributed by atoms with Gasteiger partial charge in [-0.3, -0.25) is 4.79 Å². The number of rotatable bonds is 9. The number of carbonyl (C=O) groups excluding carboxylic acids is 1. The van der Waals surface area contributed by atoms with E-state index in [2.05, 4.69) is 27.4 Å². The number of hydrogen-bond acceptors (Lipinski definition) is 4. The van der Waals surface area contributed by atoms with E-state index in [0.717, 1.165) is 28.6 Å². The summed E-state index contributed by atoms with van der Waals surface area (Å²) in [7, 11) is 1.61. The van der Waals surface area contributed by atoms with Gasteiger partial charge in [0.2, 0.25) is 0 Å². The maximum atomic E-state index is 12.2. The lowest BCUT2D eigenvalue weighted by Gasteiger charge is -2.08. The molecule has 2 aromatic heterocycles. The molecule has 3 aromatic rings. The third-order valence-corrected chi connectivity index (χ3v) is 4.71. The van der Waals surface area contributed by atoms with Gasteiger partial charge in [-0.25, -0.2) is 4.98 Å². The minimum Gasteiger partial charge on any atom is -0.364 e. The van der Waals surface area contributed by atoms with Crippen molar-refractivity contribution >= 4 is 17.7 Å². The van der Waals surface area contributed by atoms with Gasteiger partial charge in [0, 0.05) is 36.6 Å². The molecule has 0 aliphatic carbocycles. The van der Waals surface area contributed by atoms with Crippen molar-refractivity contribution in [2.24, 2.45) is 0 Å². The fraction of sp³-hybridized carbons (Fsp3) is 0.263. The maximum absolute atomic E-state index is 12.2. The van der Waals surface area contributed by atoms with Crippen molar-refractivity contribution in [3.63, 3.8) is 0 Å². The summed E-state index contributed by atoms with van der Waals surface area (Å²) in [6, 6.07) is 13.8. The Kier molecular flexibility index (Phi) is 6.51. The lowest BCUT2D eigenvalue weighted by Crippen LogP contribution is -2.27. The fourth-order valence-electron chi connectivity index (χ4n) is 2.56. The average molecular weight is 370 g/mol. The molecule has 0 fully saturated rings. The zero-order valence-corrected chi connectivity index (χ0v) is 15.5. The largest absolute Gasteiger partial charge is 0.364 e. The highest BCUT2D eigenvalue weighted by Gasteiger charge is 2.10. The Balaban J connectivity index is 1.42. The van der Waals surface area contributed by atoms with E-state index in [9.17, 15) is 4.79 Å². The zero-order chi connectivity index (χ0) is 18.2. The van der Waals surface area contributed by atoms with Crippen LogP contribution in [0.15, 0.2) is 64.9 Å². The van der Waals surface area contributed by atoms with Gasteiger partial charge in [0.25, 0.3) is 5.91 Å². The molecule has 2 N–H and O–H groups in total. The SMILES string of the molecule is COCn1cccc1C(=O)NCCCc1cnc(Sc2ccccc2)[nH]1. The van der Waals surface area contributed by atoms with Gasteiger partial charge in [-0.1, -0.05) is 30.0 Å². The Hall–Kier alpha value is -2.51. The van der Waals surface area contributed by atoms with E-state index >= 15 is 0 Å². The number of ether oxygens (including phenoxy) is 1. The number of aromatic amines is 1. The van der Waals surface area contributed by atoms with Gasteiger partial charge in [0.15, 0.2) is 5.16 Å². The van der Waals surface area contributed by atoms with Crippen LogP contribution in [0.5, 0.6) is 0 Å². The van der Waals surface area contributed by atoms with E-state index in [-0.39, 0.29) is 5.91 Å². The van der Waals surface area contributed by atoms with Crippen molar-refractivity contribution < 1.29 is 9.53 Å². The van der Waals surface area contributed by atoms with Crippen LogP contribution in [0.2, 0.25) is 0 Å². The molecule has 1 aromatic carbocycles. The van der Waals surface area contributed by atoms with E-state index in [1.807, 2.05) is 36.7 Å². The number of nitrogens with zero attached hydrogens (tertiary/aromatic N) is 2. The van der Waals surface area contributed by atoms with Crippen molar-refractivity contribution in [3.05, 3.63) is 66.2 Å². The second kappa shape index (κ2) is 9.26. The van der Waals surface area contributed by atoms with Crippen molar-refractivity contribution in [1.29, 1.82) is 0 Å². The van der Waals surface area contributed by atoms with Crippen LogP contribution in [0, 0.1) is 0 Å². The molecular weight excluding hydrogens is 348 g/mol. The van der Waals surface area contributed by atoms with E-state index in [4.69, 9.17) is 4.74 Å². The molecule has 0 saturated heterocycles. The summed E-state index contributed by atoms with van der Waals surface area (Å²) in [5.41, 5.74) is 1.68. The second-order valence-corrected chi connectivity index (χ2v) is 6.83. The Labute approximate surface area is 157 Å². The number of methoxy groups -OCH3 is 1. The predicted molar refractivity (Wildman–Crippen MR) is 101 cm³/mol. The fourth-order valence-corrected chi connectivity index (χ4v) is 3.36. The van der Waals surface area contributed by atoms with Crippen molar-refractivity contribution in [2.75, 3.05) is 13.7 Å². The molecule has 7 heteroatoms. The number of benzene rings is 1. The van der Waals surface area contributed by atoms with Gasteiger partial charge in [-0.2, -0.15) is 0 Å². The van der Waals surface area contributed by atoms with Crippen LogP contribution in [0.25, 0.3) is 0 Å². The normalized spacial score (nSPS) is 10.8. The molecule has 0 aliphatic heterocycles. The summed E-state index contributed by atoms with van der Waals surface area (Å²) in [4.78, 5) is 21.1. The minimum atomic E-state index is -0.0861. The third kappa shape index (κ3) is 5.00. The first kappa shape index (κ1) is 18.3. The average Bonchev–Trinajstić information content (AvgIpc) is 3.29. The summed E-state index contributed by atoms with van der Waals surface area (Å²) >= 11 is 1.61. The van der Waals surface area contributed by atoms with Crippen LogP contribution < -0.4 is 5.32 Å². The van der Waals surface area contributed by atoms with Crippen LogP contribution in [-0.4, -0.2) is 34.1 Å². The molecule has 0 saturated carbocycles. The van der Waals surface area contributed by atoms with Crippen LogP contribution in [0.4, 0.5) is 0 Å². The van der Waals surface area contributed by atoms with Gasteiger partial charge >= 0.3 is 0 Å². The number of H-pyrrole nitrogens is 1. The topological polar surface area (TPSA) is 71.9 Å². The molecule has 0 atom stereocenters. The Morgan fingerprint density at radius 1 is 1.27 bits per heavy atom. The standard InChI is InChI=1S/C19H22N4O2S/c1-25-14-23-12-6-10-17(23)18(24)20-11-5-7-15-13-21-19(22-15)26-16-8-3-2-4-9-16/h2-4,6,8-10,12-13H,5,7,11,14H2,1H3,(H,20,24)(H,21,22). The smallest absolute Gasteiger partial charge is 0.267 e. The molecule has 26 heavy (non-hydrogen) atoms. The second-order valence-electron chi connectivity index (χ2n) is 5.77. The monoisotopic (exact) mass is 370 g/mol. The summed E-state index contributed by atoms with van der Waals surface area (Å²) < 4.78 is 6.85. The highest BCUT2D eigenvalue weighted by molar-refractivity contribution is 7.99. The van der Waals surface area contributed by atoms with Crippen molar-refractivity contribution in [2.45, 2.75) is 29.6 Å². The number of hydrogen-bond donors (Lipinski definition) is 2. The summed E-state index contributed by atoms with van der Waals surface area (Å²) in [6.45, 7) is 0.975. The Morgan fingerprint density at radius 3 is 2.92 bits per heavy atom. The van der Waals surface area contributed by atoms with Gasteiger partial charge in [0.05, 0.1) is 0 Å².